The van der Waals surface area contributed by atoms with Crippen LogP contribution >= 0.6 is 23.6 Å². The minimum absolute atomic E-state index is 0.00800. The van der Waals surface area contributed by atoms with Crippen molar-refractivity contribution < 1.29 is 4.79 Å². The normalized spacial score (nSPS) is 12.1. The lowest BCUT2D eigenvalue weighted by atomic mass is 10.2. The zero-order valence-corrected chi connectivity index (χ0v) is 10.2. The second-order valence-corrected chi connectivity index (χ2v) is 4.75. The fourth-order valence-corrected chi connectivity index (χ4v) is 2.18. The van der Waals surface area contributed by atoms with Crippen molar-refractivity contribution in [3.63, 3.8) is 0 Å². The van der Waals surface area contributed by atoms with Crippen molar-refractivity contribution in [3.05, 3.63) is 22.4 Å². The smallest absolute Gasteiger partial charge is 0.224 e. The van der Waals surface area contributed by atoms with Crippen molar-refractivity contribution >= 4 is 34.5 Å². The van der Waals surface area contributed by atoms with Crippen molar-refractivity contribution in [2.24, 2.45) is 5.73 Å². The maximum Gasteiger partial charge on any atom is 0.224 e. The summed E-state index contributed by atoms with van der Waals surface area (Å²) in [5.41, 5.74) is 6.43. The number of thiocarbonyl (C=S) groups is 1. The highest BCUT2D eigenvalue weighted by atomic mass is 32.1. The van der Waals surface area contributed by atoms with Gasteiger partial charge < -0.3 is 11.1 Å². The summed E-state index contributed by atoms with van der Waals surface area (Å²) in [6.07, 6.45) is 0.968. The summed E-state index contributed by atoms with van der Waals surface area (Å²) in [4.78, 5) is 11.9. The summed E-state index contributed by atoms with van der Waals surface area (Å²) in [5, 5.41) is 6.78. The molecule has 0 spiro atoms. The van der Waals surface area contributed by atoms with E-state index in [2.05, 4.69) is 5.32 Å². The molecule has 0 bridgehead atoms. The van der Waals surface area contributed by atoms with Gasteiger partial charge in [0.25, 0.3) is 0 Å². The zero-order valence-electron chi connectivity index (χ0n) is 8.53. The molecular formula is C10H14N2OS2. The van der Waals surface area contributed by atoms with E-state index in [1.165, 1.54) is 0 Å². The number of rotatable bonds is 5. The summed E-state index contributed by atoms with van der Waals surface area (Å²) < 4.78 is 0. The van der Waals surface area contributed by atoms with Gasteiger partial charge in [0.05, 0.1) is 11.4 Å². The average Bonchev–Trinajstić information content (AvgIpc) is 2.53. The molecule has 0 aromatic carbocycles. The Morgan fingerprint density at radius 1 is 1.73 bits per heavy atom. The Balaban J connectivity index is 2.33. The Kier molecular flexibility index (Phi) is 4.71. The number of carbonyl (C=O) groups is 1. The molecule has 5 heteroatoms. The third-order valence-electron chi connectivity index (χ3n) is 1.86. The van der Waals surface area contributed by atoms with Gasteiger partial charge in [-0.2, -0.15) is 11.3 Å². The molecule has 1 aromatic rings. The fraction of sp³-hybridized carbons (Fsp3) is 0.400. The molecule has 3 nitrogen and oxygen atoms in total. The third-order valence-corrected chi connectivity index (χ3v) is 2.76. The first-order chi connectivity index (χ1) is 7.08. The Labute approximate surface area is 98.7 Å². The number of hydrogen-bond acceptors (Lipinski definition) is 3. The lowest BCUT2D eigenvalue weighted by Gasteiger charge is -2.12. The molecule has 0 saturated carbocycles. The molecule has 1 unspecified atom stereocenters. The molecule has 0 aliphatic rings. The van der Waals surface area contributed by atoms with E-state index < -0.39 is 0 Å². The molecule has 0 aliphatic heterocycles. The van der Waals surface area contributed by atoms with Crippen molar-refractivity contribution in [2.45, 2.75) is 25.8 Å². The van der Waals surface area contributed by atoms with Gasteiger partial charge in [-0.05, 0) is 29.3 Å². The summed E-state index contributed by atoms with van der Waals surface area (Å²) in [5.74, 6) is 0.0113. The molecule has 1 amide bonds. The number of nitrogens with two attached hydrogens (primary N) is 1. The highest BCUT2D eigenvalue weighted by Gasteiger charge is 2.08. The van der Waals surface area contributed by atoms with Crippen LogP contribution in [-0.2, 0) is 11.2 Å². The summed E-state index contributed by atoms with van der Waals surface area (Å²) >= 11 is 6.36. The molecule has 1 rings (SSSR count). The van der Waals surface area contributed by atoms with Crippen LogP contribution in [-0.4, -0.2) is 16.9 Å². The largest absolute Gasteiger partial charge is 0.393 e. The van der Waals surface area contributed by atoms with E-state index in [1.807, 2.05) is 23.8 Å². The number of thiophene rings is 1. The first kappa shape index (κ1) is 12.1. The second-order valence-electron chi connectivity index (χ2n) is 3.45. The van der Waals surface area contributed by atoms with Gasteiger partial charge in [0.2, 0.25) is 5.91 Å². The molecule has 0 saturated heterocycles. The number of nitrogens with one attached hydrogen (secondary N) is 1. The number of carbonyl (C=O) groups excluding carboxylic acids is 1. The minimum Gasteiger partial charge on any atom is -0.393 e. The lowest BCUT2D eigenvalue weighted by molar-refractivity contribution is -0.120. The first-order valence-corrected chi connectivity index (χ1v) is 6.02. The topological polar surface area (TPSA) is 55.1 Å². The van der Waals surface area contributed by atoms with Crippen LogP contribution in [0.3, 0.4) is 0 Å². The first-order valence-electron chi connectivity index (χ1n) is 4.66. The average molecular weight is 242 g/mol. The molecular weight excluding hydrogens is 228 g/mol. The van der Waals surface area contributed by atoms with Gasteiger partial charge in [-0.15, -0.1) is 0 Å². The van der Waals surface area contributed by atoms with Gasteiger partial charge in [-0.1, -0.05) is 12.2 Å². The molecule has 82 valence electrons. The molecule has 0 aliphatic carbocycles. The Morgan fingerprint density at radius 3 is 3.00 bits per heavy atom. The van der Waals surface area contributed by atoms with Crippen LogP contribution in [0.1, 0.15) is 18.9 Å². The molecule has 0 radical (unpaired) electrons. The van der Waals surface area contributed by atoms with Gasteiger partial charge in [-0.3, -0.25) is 4.79 Å². The predicted octanol–water partition coefficient (Wildman–Crippen LogP) is 1.47. The summed E-state index contributed by atoms with van der Waals surface area (Å²) in [6, 6.07) is 1.95. The molecule has 0 fully saturated rings. The van der Waals surface area contributed by atoms with Crippen LogP contribution in [0.5, 0.6) is 0 Å². The number of hydrogen-bond donors (Lipinski definition) is 2. The van der Waals surface area contributed by atoms with E-state index >= 15 is 0 Å². The van der Waals surface area contributed by atoms with E-state index in [9.17, 15) is 4.79 Å². The maximum absolute atomic E-state index is 11.5. The van der Waals surface area contributed by atoms with Crippen molar-refractivity contribution in [3.8, 4) is 0 Å². The SMILES string of the molecule is CC(CC(N)=S)NC(=O)Cc1ccsc1. The van der Waals surface area contributed by atoms with Gasteiger partial charge in [-0.25, -0.2) is 0 Å². The van der Waals surface area contributed by atoms with Crippen molar-refractivity contribution in [1.29, 1.82) is 0 Å². The maximum atomic E-state index is 11.5. The van der Waals surface area contributed by atoms with Gasteiger partial charge in [0.15, 0.2) is 0 Å². The number of amides is 1. The molecule has 1 aromatic heterocycles. The van der Waals surface area contributed by atoms with Crippen LogP contribution in [0.2, 0.25) is 0 Å². The Hall–Kier alpha value is -0.940. The lowest BCUT2D eigenvalue weighted by Crippen LogP contribution is -2.36. The van der Waals surface area contributed by atoms with E-state index in [-0.39, 0.29) is 11.9 Å². The van der Waals surface area contributed by atoms with Crippen LogP contribution < -0.4 is 11.1 Å². The zero-order chi connectivity index (χ0) is 11.3. The van der Waals surface area contributed by atoms with Crippen molar-refractivity contribution in [1.82, 2.24) is 5.32 Å². The Morgan fingerprint density at radius 2 is 2.47 bits per heavy atom. The van der Waals surface area contributed by atoms with E-state index in [4.69, 9.17) is 18.0 Å². The Bertz CT molecular complexity index is 335. The van der Waals surface area contributed by atoms with Gasteiger partial charge in [0, 0.05) is 12.5 Å². The quantitative estimate of drug-likeness (QED) is 0.769. The van der Waals surface area contributed by atoms with Gasteiger partial charge in [0.1, 0.15) is 0 Å². The van der Waals surface area contributed by atoms with E-state index in [0.717, 1.165) is 5.56 Å². The highest BCUT2D eigenvalue weighted by molar-refractivity contribution is 7.80. The van der Waals surface area contributed by atoms with E-state index in [0.29, 0.717) is 17.8 Å². The minimum atomic E-state index is 0.00800. The predicted molar refractivity (Wildman–Crippen MR) is 67.0 cm³/mol. The highest BCUT2D eigenvalue weighted by Crippen LogP contribution is 2.06. The van der Waals surface area contributed by atoms with Crippen LogP contribution in [0, 0.1) is 0 Å². The molecule has 15 heavy (non-hydrogen) atoms. The van der Waals surface area contributed by atoms with Crippen LogP contribution in [0.25, 0.3) is 0 Å². The molecule has 3 N–H and O–H groups in total. The standard InChI is InChI=1S/C10H14N2OS2/c1-7(4-9(11)14)12-10(13)5-8-2-3-15-6-8/h2-3,6-7H,4-5H2,1H3,(H2,11,14)(H,12,13). The summed E-state index contributed by atoms with van der Waals surface area (Å²) in [7, 11) is 0. The van der Waals surface area contributed by atoms with Crippen molar-refractivity contribution in [2.75, 3.05) is 0 Å². The van der Waals surface area contributed by atoms with E-state index in [1.54, 1.807) is 11.3 Å². The van der Waals surface area contributed by atoms with Crippen LogP contribution in [0.15, 0.2) is 16.8 Å². The monoisotopic (exact) mass is 242 g/mol. The van der Waals surface area contributed by atoms with Crippen LogP contribution in [0.4, 0.5) is 0 Å². The summed E-state index contributed by atoms with van der Waals surface area (Å²) in [6.45, 7) is 1.89. The molecule has 1 heterocycles. The molecule has 1 atom stereocenters. The fourth-order valence-electron chi connectivity index (χ4n) is 1.26. The van der Waals surface area contributed by atoms with Gasteiger partial charge >= 0.3 is 0 Å². The second kappa shape index (κ2) is 5.82. The third kappa shape index (κ3) is 4.90.